The predicted molar refractivity (Wildman–Crippen MR) is 65.7 cm³/mol. The van der Waals surface area contributed by atoms with E-state index in [4.69, 9.17) is 11.6 Å². The lowest BCUT2D eigenvalue weighted by Gasteiger charge is -2.16. The third-order valence-electron chi connectivity index (χ3n) is 3.24. The van der Waals surface area contributed by atoms with Crippen molar-refractivity contribution in [3.63, 3.8) is 0 Å². The smallest absolute Gasteiger partial charge is 0.219 e. The SMILES string of the molecule is CCC(=O)NCC1(c2cccc(Cl)c2)CC1. The van der Waals surface area contributed by atoms with Crippen molar-refractivity contribution < 1.29 is 4.79 Å². The van der Waals surface area contributed by atoms with Crippen LogP contribution in [0.5, 0.6) is 0 Å². The van der Waals surface area contributed by atoms with Crippen LogP contribution in [-0.2, 0) is 10.2 Å². The Kier molecular flexibility index (Phi) is 3.20. The molecule has 0 aromatic heterocycles. The van der Waals surface area contributed by atoms with Crippen LogP contribution < -0.4 is 5.32 Å². The average Bonchev–Trinajstić information content (AvgIpc) is 3.07. The van der Waals surface area contributed by atoms with Gasteiger partial charge in [0.05, 0.1) is 0 Å². The molecule has 0 unspecified atom stereocenters. The minimum absolute atomic E-state index is 0.119. The first-order valence-corrected chi connectivity index (χ1v) is 6.07. The van der Waals surface area contributed by atoms with E-state index < -0.39 is 0 Å². The minimum Gasteiger partial charge on any atom is -0.355 e. The third-order valence-corrected chi connectivity index (χ3v) is 3.47. The zero-order valence-corrected chi connectivity index (χ0v) is 10.2. The van der Waals surface area contributed by atoms with Crippen molar-refractivity contribution >= 4 is 17.5 Å². The summed E-state index contributed by atoms with van der Waals surface area (Å²) < 4.78 is 0. The summed E-state index contributed by atoms with van der Waals surface area (Å²) >= 11 is 5.98. The van der Waals surface area contributed by atoms with Crippen molar-refractivity contribution in [3.05, 3.63) is 34.9 Å². The lowest BCUT2D eigenvalue weighted by atomic mass is 9.96. The van der Waals surface area contributed by atoms with E-state index in [0.717, 1.165) is 24.4 Å². The van der Waals surface area contributed by atoms with Gasteiger partial charge in [-0.3, -0.25) is 4.79 Å². The molecule has 1 saturated carbocycles. The number of benzene rings is 1. The van der Waals surface area contributed by atoms with E-state index in [9.17, 15) is 4.79 Å². The van der Waals surface area contributed by atoms with E-state index >= 15 is 0 Å². The van der Waals surface area contributed by atoms with E-state index in [2.05, 4.69) is 11.4 Å². The molecule has 3 heteroatoms. The molecule has 1 aliphatic rings. The highest BCUT2D eigenvalue weighted by atomic mass is 35.5. The third kappa shape index (κ3) is 2.38. The second-order valence-corrected chi connectivity index (χ2v) is 4.86. The maximum absolute atomic E-state index is 11.2. The number of hydrogen-bond donors (Lipinski definition) is 1. The Morgan fingerprint density at radius 2 is 2.25 bits per heavy atom. The molecule has 0 heterocycles. The van der Waals surface area contributed by atoms with Crippen molar-refractivity contribution in [2.75, 3.05) is 6.54 Å². The number of halogens is 1. The van der Waals surface area contributed by atoms with Crippen LogP contribution in [0, 0.1) is 0 Å². The highest BCUT2D eigenvalue weighted by Gasteiger charge is 2.44. The summed E-state index contributed by atoms with van der Waals surface area (Å²) in [5.74, 6) is 0.119. The van der Waals surface area contributed by atoms with Crippen molar-refractivity contribution in [2.45, 2.75) is 31.6 Å². The molecular formula is C13H16ClNO. The molecule has 1 N–H and O–H groups in total. The number of carbonyl (C=O) groups excluding carboxylic acids is 1. The van der Waals surface area contributed by atoms with E-state index in [1.807, 2.05) is 25.1 Å². The number of amides is 1. The molecule has 16 heavy (non-hydrogen) atoms. The molecule has 1 amide bonds. The summed E-state index contributed by atoms with van der Waals surface area (Å²) in [6.07, 6.45) is 2.82. The molecule has 1 aromatic carbocycles. The van der Waals surface area contributed by atoms with E-state index in [1.165, 1.54) is 5.56 Å². The monoisotopic (exact) mass is 237 g/mol. The van der Waals surface area contributed by atoms with Crippen molar-refractivity contribution in [2.24, 2.45) is 0 Å². The van der Waals surface area contributed by atoms with Crippen LogP contribution in [0.2, 0.25) is 5.02 Å². The molecular weight excluding hydrogens is 222 g/mol. The molecule has 0 atom stereocenters. The average molecular weight is 238 g/mol. The lowest BCUT2D eigenvalue weighted by molar-refractivity contribution is -0.120. The zero-order chi connectivity index (χ0) is 11.6. The topological polar surface area (TPSA) is 29.1 Å². The molecule has 0 bridgehead atoms. The summed E-state index contributed by atoms with van der Waals surface area (Å²) in [7, 11) is 0. The van der Waals surface area contributed by atoms with Gasteiger partial charge in [-0.1, -0.05) is 30.7 Å². The standard InChI is InChI=1S/C13H16ClNO/c1-2-12(16)15-9-13(6-7-13)10-4-3-5-11(14)8-10/h3-5,8H,2,6-7,9H2,1H3,(H,15,16). The molecule has 0 radical (unpaired) electrons. The fourth-order valence-electron chi connectivity index (χ4n) is 1.93. The molecule has 1 aliphatic carbocycles. The van der Waals surface area contributed by atoms with Crippen LogP contribution in [0.1, 0.15) is 31.7 Å². The van der Waals surface area contributed by atoms with Crippen LogP contribution in [0.15, 0.2) is 24.3 Å². The molecule has 2 rings (SSSR count). The second kappa shape index (κ2) is 4.46. The molecule has 1 aromatic rings. The maximum Gasteiger partial charge on any atom is 0.219 e. The van der Waals surface area contributed by atoms with Gasteiger partial charge in [0.15, 0.2) is 0 Å². The number of rotatable bonds is 4. The van der Waals surface area contributed by atoms with E-state index in [-0.39, 0.29) is 11.3 Å². The molecule has 2 nitrogen and oxygen atoms in total. The van der Waals surface area contributed by atoms with Gasteiger partial charge in [0.25, 0.3) is 0 Å². The van der Waals surface area contributed by atoms with Crippen LogP contribution in [0.25, 0.3) is 0 Å². The summed E-state index contributed by atoms with van der Waals surface area (Å²) in [6.45, 7) is 2.61. The van der Waals surface area contributed by atoms with Gasteiger partial charge in [0.2, 0.25) is 5.91 Å². The van der Waals surface area contributed by atoms with Crippen LogP contribution >= 0.6 is 11.6 Å². The van der Waals surface area contributed by atoms with Gasteiger partial charge < -0.3 is 5.32 Å². The summed E-state index contributed by atoms with van der Waals surface area (Å²) in [4.78, 5) is 11.2. The Labute approximate surface area is 101 Å². The Morgan fingerprint density at radius 1 is 1.50 bits per heavy atom. The Hall–Kier alpha value is -1.02. The van der Waals surface area contributed by atoms with E-state index in [1.54, 1.807) is 0 Å². The van der Waals surface area contributed by atoms with Crippen LogP contribution in [0.3, 0.4) is 0 Å². The van der Waals surface area contributed by atoms with Gasteiger partial charge in [-0.15, -0.1) is 0 Å². The van der Waals surface area contributed by atoms with Crippen molar-refractivity contribution in [3.8, 4) is 0 Å². The first kappa shape index (κ1) is 11.5. The molecule has 86 valence electrons. The van der Waals surface area contributed by atoms with Crippen molar-refractivity contribution in [1.29, 1.82) is 0 Å². The maximum atomic E-state index is 11.2. The van der Waals surface area contributed by atoms with Gasteiger partial charge in [0.1, 0.15) is 0 Å². The van der Waals surface area contributed by atoms with Crippen molar-refractivity contribution in [1.82, 2.24) is 5.32 Å². The van der Waals surface area contributed by atoms with Gasteiger partial charge in [0, 0.05) is 23.4 Å². The molecule has 0 spiro atoms. The second-order valence-electron chi connectivity index (χ2n) is 4.42. The molecule has 0 aliphatic heterocycles. The zero-order valence-electron chi connectivity index (χ0n) is 9.42. The fourth-order valence-corrected chi connectivity index (χ4v) is 2.12. The highest BCUT2D eigenvalue weighted by Crippen LogP contribution is 2.48. The predicted octanol–water partition coefficient (Wildman–Crippen LogP) is 2.90. The number of carbonyl (C=O) groups is 1. The van der Waals surface area contributed by atoms with Gasteiger partial charge in [-0.2, -0.15) is 0 Å². The van der Waals surface area contributed by atoms with Crippen LogP contribution in [0.4, 0.5) is 0 Å². The van der Waals surface area contributed by atoms with Gasteiger partial charge >= 0.3 is 0 Å². The molecule has 0 saturated heterocycles. The van der Waals surface area contributed by atoms with E-state index in [0.29, 0.717) is 6.42 Å². The minimum atomic E-state index is 0.119. The fraction of sp³-hybridized carbons (Fsp3) is 0.462. The summed E-state index contributed by atoms with van der Waals surface area (Å²) in [5, 5.41) is 3.74. The summed E-state index contributed by atoms with van der Waals surface area (Å²) in [6, 6.07) is 7.95. The van der Waals surface area contributed by atoms with Gasteiger partial charge in [-0.05, 0) is 30.5 Å². The number of nitrogens with one attached hydrogen (secondary N) is 1. The Bertz CT molecular complexity index is 399. The van der Waals surface area contributed by atoms with Gasteiger partial charge in [-0.25, -0.2) is 0 Å². The number of hydrogen-bond acceptors (Lipinski definition) is 1. The highest BCUT2D eigenvalue weighted by molar-refractivity contribution is 6.30. The first-order chi connectivity index (χ1) is 7.66. The largest absolute Gasteiger partial charge is 0.355 e. The first-order valence-electron chi connectivity index (χ1n) is 5.69. The van der Waals surface area contributed by atoms with Crippen LogP contribution in [-0.4, -0.2) is 12.5 Å². The quantitative estimate of drug-likeness (QED) is 0.857. The summed E-state index contributed by atoms with van der Waals surface area (Å²) in [5.41, 5.74) is 1.40. The normalized spacial score (nSPS) is 16.9. The molecule has 1 fully saturated rings. The Balaban J connectivity index is 2.05. The Morgan fingerprint density at radius 3 is 2.81 bits per heavy atom. The lowest BCUT2D eigenvalue weighted by Crippen LogP contribution is -2.31.